The van der Waals surface area contributed by atoms with Crippen molar-refractivity contribution in [3.8, 4) is 0 Å². The molecule has 2 aromatic heterocycles. The molecule has 0 saturated carbocycles. The van der Waals surface area contributed by atoms with Crippen LogP contribution in [0.15, 0.2) is 53.7 Å². The minimum atomic E-state index is -0.236. The minimum Gasteiger partial charge on any atom is -0.348 e. The predicted molar refractivity (Wildman–Crippen MR) is 105 cm³/mol. The zero-order valence-electron chi connectivity index (χ0n) is 15.2. The highest BCUT2D eigenvalue weighted by atomic mass is 16.1. The van der Waals surface area contributed by atoms with Crippen LogP contribution in [-0.2, 0) is 6.54 Å². The second kappa shape index (κ2) is 7.32. The van der Waals surface area contributed by atoms with Crippen LogP contribution in [0, 0.1) is 6.92 Å². The highest BCUT2D eigenvalue weighted by molar-refractivity contribution is 6.06. The first-order valence-electron chi connectivity index (χ1n) is 9.14. The lowest BCUT2D eigenvalue weighted by molar-refractivity contribution is 0.0939. The van der Waals surface area contributed by atoms with Crippen LogP contribution in [0.3, 0.4) is 0 Å². The van der Waals surface area contributed by atoms with Crippen LogP contribution in [0.1, 0.15) is 27.9 Å². The van der Waals surface area contributed by atoms with Gasteiger partial charge < -0.3 is 10.3 Å². The molecule has 6 heteroatoms. The van der Waals surface area contributed by atoms with Crippen molar-refractivity contribution in [2.75, 3.05) is 13.1 Å². The molecule has 2 N–H and O–H groups in total. The van der Waals surface area contributed by atoms with Crippen molar-refractivity contribution in [3.05, 3.63) is 76.0 Å². The Hall–Kier alpha value is -2.99. The number of aryl methyl sites for hydroxylation is 1. The molecule has 0 aliphatic carbocycles. The lowest BCUT2D eigenvalue weighted by Crippen LogP contribution is -2.37. The molecule has 0 bridgehead atoms. The van der Waals surface area contributed by atoms with Crippen LogP contribution < -0.4 is 10.9 Å². The summed E-state index contributed by atoms with van der Waals surface area (Å²) in [6.07, 6.45) is 5.48. The van der Waals surface area contributed by atoms with Crippen LogP contribution in [0.4, 0.5) is 0 Å². The number of hydrogen-bond donors (Lipinski definition) is 2. The Morgan fingerprint density at radius 2 is 2.19 bits per heavy atom. The van der Waals surface area contributed by atoms with Gasteiger partial charge in [-0.3, -0.25) is 19.5 Å². The van der Waals surface area contributed by atoms with E-state index in [1.165, 1.54) is 23.5 Å². The summed E-state index contributed by atoms with van der Waals surface area (Å²) in [5.74, 6) is -0.180. The molecule has 1 amide bonds. The predicted octanol–water partition coefficient (Wildman–Crippen LogP) is 2.24. The number of fused-ring (bicyclic) bond motifs is 1. The summed E-state index contributed by atoms with van der Waals surface area (Å²) >= 11 is 0. The summed E-state index contributed by atoms with van der Waals surface area (Å²) in [7, 11) is 0. The minimum absolute atomic E-state index is 0.0968. The molecule has 138 valence electrons. The molecule has 3 heterocycles. The van der Waals surface area contributed by atoms with Gasteiger partial charge in [-0.05, 0) is 25.0 Å². The van der Waals surface area contributed by atoms with Gasteiger partial charge in [0.1, 0.15) is 0 Å². The zero-order valence-corrected chi connectivity index (χ0v) is 15.2. The Labute approximate surface area is 157 Å². The van der Waals surface area contributed by atoms with E-state index < -0.39 is 0 Å². The molecule has 27 heavy (non-hydrogen) atoms. The third-order valence-electron chi connectivity index (χ3n) is 5.04. The number of aromatic amines is 1. The number of nitrogens with one attached hydrogen (secondary N) is 2. The largest absolute Gasteiger partial charge is 0.348 e. The summed E-state index contributed by atoms with van der Waals surface area (Å²) in [5, 5.41) is 4.16. The van der Waals surface area contributed by atoms with Gasteiger partial charge in [0, 0.05) is 49.7 Å². The number of hydrogen-bond acceptors (Lipinski definition) is 4. The molecule has 6 nitrogen and oxygen atoms in total. The van der Waals surface area contributed by atoms with E-state index in [0.717, 1.165) is 26.1 Å². The molecule has 3 aromatic rings. The Kier molecular flexibility index (Phi) is 4.73. The highest BCUT2D eigenvalue weighted by Gasteiger charge is 2.25. The zero-order chi connectivity index (χ0) is 18.8. The van der Waals surface area contributed by atoms with Crippen molar-refractivity contribution in [1.29, 1.82) is 0 Å². The van der Waals surface area contributed by atoms with E-state index in [2.05, 4.69) is 51.4 Å². The maximum atomic E-state index is 12.8. The van der Waals surface area contributed by atoms with Gasteiger partial charge in [0.15, 0.2) is 0 Å². The lowest BCUT2D eigenvalue weighted by Gasteiger charge is -2.17. The number of amides is 1. The second-order valence-electron chi connectivity index (χ2n) is 7.14. The van der Waals surface area contributed by atoms with E-state index in [-0.39, 0.29) is 17.5 Å². The topological polar surface area (TPSA) is 78.1 Å². The molecular weight excluding hydrogens is 340 g/mol. The third kappa shape index (κ3) is 3.75. The standard InChI is InChI=1S/C21H22N4O2/c1-14-3-2-4-15(9-14)12-25-8-6-16(13-25)24-21(27)19-11-22-10-18-17(19)5-7-23-20(18)26/h2-5,7,9-11,16H,6,8,12-13H2,1H3,(H,23,26)(H,24,27). The average molecular weight is 362 g/mol. The molecule has 1 aliphatic heterocycles. The van der Waals surface area contributed by atoms with E-state index in [0.29, 0.717) is 16.3 Å². The summed E-state index contributed by atoms with van der Waals surface area (Å²) in [5.41, 5.74) is 2.75. The quantitative estimate of drug-likeness (QED) is 0.746. The molecule has 1 fully saturated rings. The summed E-state index contributed by atoms with van der Waals surface area (Å²) in [6, 6.07) is 10.4. The van der Waals surface area contributed by atoms with Crippen LogP contribution >= 0.6 is 0 Å². The van der Waals surface area contributed by atoms with E-state index in [4.69, 9.17) is 0 Å². The van der Waals surface area contributed by atoms with Crippen LogP contribution in [0.2, 0.25) is 0 Å². The molecule has 1 unspecified atom stereocenters. The number of carbonyl (C=O) groups excluding carboxylic acids is 1. The maximum absolute atomic E-state index is 12.8. The average Bonchev–Trinajstić information content (AvgIpc) is 3.08. The van der Waals surface area contributed by atoms with E-state index >= 15 is 0 Å². The highest BCUT2D eigenvalue weighted by Crippen LogP contribution is 2.17. The number of rotatable bonds is 4. The van der Waals surface area contributed by atoms with Gasteiger partial charge in [-0.1, -0.05) is 29.8 Å². The van der Waals surface area contributed by atoms with Gasteiger partial charge in [0.25, 0.3) is 11.5 Å². The molecule has 0 spiro atoms. The molecular formula is C21H22N4O2. The van der Waals surface area contributed by atoms with Crippen molar-refractivity contribution < 1.29 is 4.79 Å². The summed E-state index contributed by atoms with van der Waals surface area (Å²) < 4.78 is 0. The first-order chi connectivity index (χ1) is 13.1. The number of likely N-dealkylation sites (tertiary alicyclic amines) is 1. The number of nitrogens with zero attached hydrogens (tertiary/aromatic N) is 2. The van der Waals surface area contributed by atoms with Gasteiger partial charge in [-0.2, -0.15) is 0 Å². The SMILES string of the molecule is Cc1cccc(CN2CCC(NC(=O)c3cncc4c(=O)[nH]ccc34)C2)c1. The van der Waals surface area contributed by atoms with Gasteiger partial charge in [-0.25, -0.2) is 0 Å². The number of H-pyrrole nitrogens is 1. The molecule has 1 saturated heterocycles. The Morgan fingerprint density at radius 3 is 3.04 bits per heavy atom. The van der Waals surface area contributed by atoms with E-state index in [9.17, 15) is 9.59 Å². The van der Waals surface area contributed by atoms with Crippen molar-refractivity contribution in [1.82, 2.24) is 20.2 Å². The first-order valence-corrected chi connectivity index (χ1v) is 9.14. The normalized spacial score (nSPS) is 17.3. The molecule has 1 aliphatic rings. The maximum Gasteiger partial charge on any atom is 0.257 e. The van der Waals surface area contributed by atoms with Gasteiger partial charge in [0.2, 0.25) is 0 Å². The van der Waals surface area contributed by atoms with E-state index in [1.807, 2.05) is 0 Å². The van der Waals surface area contributed by atoms with Gasteiger partial charge in [0.05, 0.1) is 10.9 Å². The Morgan fingerprint density at radius 1 is 1.30 bits per heavy atom. The fourth-order valence-corrected chi connectivity index (χ4v) is 3.72. The molecule has 1 aromatic carbocycles. The first kappa shape index (κ1) is 17.4. The second-order valence-corrected chi connectivity index (χ2v) is 7.14. The van der Waals surface area contributed by atoms with Crippen LogP contribution in [0.25, 0.3) is 10.8 Å². The number of pyridine rings is 2. The molecule has 0 radical (unpaired) electrons. The molecule has 1 atom stereocenters. The third-order valence-corrected chi connectivity index (χ3v) is 5.04. The Bertz CT molecular complexity index is 1040. The number of carbonyl (C=O) groups is 1. The van der Waals surface area contributed by atoms with Gasteiger partial charge in [-0.15, -0.1) is 0 Å². The number of aromatic nitrogens is 2. The van der Waals surface area contributed by atoms with Crippen molar-refractivity contribution in [2.45, 2.75) is 25.9 Å². The smallest absolute Gasteiger partial charge is 0.257 e. The van der Waals surface area contributed by atoms with Crippen molar-refractivity contribution in [2.24, 2.45) is 0 Å². The van der Waals surface area contributed by atoms with Crippen molar-refractivity contribution >= 4 is 16.7 Å². The lowest BCUT2D eigenvalue weighted by atomic mass is 10.1. The monoisotopic (exact) mass is 362 g/mol. The number of benzene rings is 1. The fourth-order valence-electron chi connectivity index (χ4n) is 3.72. The molecule has 4 rings (SSSR count). The Balaban J connectivity index is 1.44. The van der Waals surface area contributed by atoms with Crippen LogP contribution in [0.5, 0.6) is 0 Å². The summed E-state index contributed by atoms with van der Waals surface area (Å²) in [6.45, 7) is 4.75. The van der Waals surface area contributed by atoms with Crippen LogP contribution in [-0.4, -0.2) is 39.9 Å². The fraction of sp³-hybridized carbons (Fsp3) is 0.286. The van der Waals surface area contributed by atoms with Crippen molar-refractivity contribution in [3.63, 3.8) is 0 Å². The summed E-state index contributed by atoms with van der Waals surface area (Å²) in [4.78, 5) is 33.7. The van der Waals surface area contributed by atoms with Gasteiger partial charge >= 0.3 is 0 Å². The van der Waals surface area contributed by atoms with E-state index in [1.54, 1.807) is 12.3 Å².